The van der Waals surface area contributed by atoms with Gasteiger partial charge in [-0.25, -0.2) is 0 Å². The van der Waals surface area contributed by atoms with Gasteiger partial charge in [-0.15, -0.1) is 0 Å². The van der Waals surface area contributed by atoms with E-state index in [0.717, 1.165) is 19.5 Å². The Morgan fingerprint density at radius 3 is 2.67 bits per heavy atom. The van der Waals surface area contributed by atoms with Gasteiger partial charge in [-0.3, -0.25) is 0 Å². The normalized spacial score (nSPS) is 25.1. The third kappa shape index (κ3) is 3.05. The lowest BCUT2D eigenvalue weighted by atomic mass is 9.96. The van der Waals surface area contributed by atoms with Crippen LogP contribution in [0, 0.1) is 0 Å². The van der Waals surface area contributed by atoms with Crippen molar-refractivity contribution in [2.75, 3.05) is 13.1 Å². The van der Waals surface area contributed by atoms with E-state index < -0.39 is 0 Å². The van der Waals surface area contributed by atoms with Gasteiger partial charge in [-0.1, -0.05) is 30.3 Å². The van der Waals surface area contributed by atoms with E-state index in [2.05, 4.69) is 54.8 Å². The van der Waals surface area contributed by atoms with Gasteiger partial charge in [0, 0.05) is 24.7 Å². The lowest BCUT2D eigenvalue weighted by molar-refractivity contribution is 0.261. The van der Waals surface area contributed by atoms with Crippen LogP contribution in [-0.4, -0.2) is 24.7 Å². The molecule has 0 radical (unpaired) electrons. The molecule has 2 N–H and O–H groups in total. The Labute approximate surface area is 92.1 Å². The Bertz CT molecular complexity index is 306. The van der Waals surface area contributed by atoms with Crippen molar-refractivity contribution < 1.29 is 0 Å². The summed E-state index contributed by atoms with van der Waals surface area (Å²) < 4.78 is 0. The summed E-state index contributed by atoms with van der Waals surface area (Å²) >= 11 is 0. The maximum atomic E-state index is 3.68. The fourth-order valence-corrected chi connectivity index (χ4v) is 2.24. The third-order valence-electron chi connectivity index (χ3n) is 2.88. The highest BCUT2D eigenvalue weighted by atomic mass is 15.1. The van der Waals surface area contributed by atoms with Crippen LogP contribution in [0.4, 0.5) is 0 Å². The minimum atomic E-state index is 0.220. The fourth-order valence-electron chi connectivity index (χ4n) is 2.24. The molecule has 0 bridgehead atoms. The Hall–Kier alpha value is -0.860. The molecule has 82 valence electrons. The number of rotatable bonds is 2. The zero-order chi connectivity index (χ0) is 10.7. The Balaban J connectivity index is 1.95. The van der Waals surface area contributed by atoms with Gasteiger partial charge in [-0.2, -0.15) is 0 Å². The molecule has 15 heavy (non-hydrogen) atoms. The van der Waals surface area contributed by atoms with Gasteiger partial charge in [-0.05, 0) is 25.8 Å². The van der Waals surface area contributed by atoms with Crippen molar-refractivity contribution in [2.24, 2.45) is 0 Å². The molecule has 0 unspecified atom stereocenters. The van der Waals surface area contributed by atoms with E-state index >= 15 is 0 Å². The molecule has 1 aliphatic rings. The minimum absolute atomic E-state index is 0.220. The molecule has 1 aliphatic heterocycles. The van der Waals surface area contributed by atoms with Gasteiger partial charge in [0.05, 0.1) is 0 Å². The third-order valence-corrected chi connectivity index (χ3v) is 2.88. The first kappa shape index (κ1) is 10.7. The molecule has 0 amide bonds. The maximum absolute atomic E-state index is 3.68. The van der Waals surface area contributed by atoms with E-state index in [1.165, 1.54) is 5.56 Å². The number of hydrogen-bond donors (Lipinski definition) is 2. The molecule has 0 aromatic heterocycles. The summed E-state index contributed by atoms with van der Waals surface area (Å²) in [5.41, 5.74) is 1.63. The van der Waals surface area contributed by atoms with Gasteiger partial charge < -0.3 is 10.6 Å². The first-order valence-electron chi connectivity index (χ1n) is 5.68. The summed E-state index contributed by atoms with van der Waals surface area (Å²) in [7, 11) is 0. The highest BCUT2D eigenvalue weighted by molar-refractivity contribution is 5.16. The van der Waals surface area contributed by atoms with Crippen LogP contribution in [0.2, 0.25) is 0 Å². The van der Waals surface area contributed by atoms with Crippen LogP contribution in [0.5, 0.6) is 0 Å². The lowest BCUT2D eigenvalue weighted by Gasteiger charge is -2.37. The van der Waals surface area contributed by atoms with Crippen LogP contribution < -0.4 is 10.6 Å². The summed E-state index contributed by atoms with van der Waals surface area (Å²) in [6, 6.07) is 11.2. The average molecular weight is 204 g/mol. The monoisotopic (exact) mass is 204 g/mol. The Morgan fingerprint density at radius 1 is 1.27 bits per heavy atom. The molecule has 1 heterocycles. The highest BCUT2D eigenvalue weighted by Crippen LogP contribution is 2.10. The molecule has 1 atom stereocenters. The number of hydrogen-bond acceptors (Lipinski definition) is 2. The zero-order valence-electron chi connectivity index (χ0n) is 9.59. The van der Waals surface area contributed by atoms with Gasteiger partial charge in [0.25, 0.3) is 0 Å². The van der Waals surface area contributed by atoms with E-state index in [9.17, 15) is 0 Å². The first-order chi connectivity index (χ1) is 7.16. The van der Waals surface area contributed by atoms with Gasteiger partial charge in [0.1, 0.15) is 0 Å². The second-order valence-electron chi connectivity index (χ2n) is 5.05. The molecule has 1 aromatic rings. The van der Waals surface area contributed by atoms with Crippen molar-refractivity contribution in [3.05, 3.63) is 35.9 Å². The average Bonchev–Trinajstić information content (AvgIpc) is 2.17. The molecular formula is C13H20N2. The quantitative estimate of drug-likeness (QED) is 0.764. The summed E-state index contributed by atoms with van der Waals surface area (Å²) in [5.74, 6) is 0. The minimum Gasteiger partial charge on any atom is -0.313 e. The molecule has 2 nitrogen and oxygen atoms in total. The largest absolute Gasteiger partial charge is 0.313 e. The summed E-state index contributed by atoms with van der Waals surface area (Å²) in [6.45, 7) is 6.62. The number of benzene rings is 1. The van der Waals surface area contributed by atoms with Crippen molar-refractivity contribution in [1.82, 2.24) is 10.6 Å². The summed E-state index contributed by atoms with van der Waals surface area (Å²) in [4.78, 5) is 0. The molecule has 0 saturated carbocycles. The molecule has 2 heteroatoms. The first-order valence-corrected chi connectivity index (χ1v) is 5.68. The Morgan fingerprint density at radius 2 is 2.00 bits per heavy atom. The van der Waals surface area contributed by atoms with E-state index in [-0.39, 0.29) is 5.54 Å². The predicted octanol–water partition coefficient (Wildman–Crippen LogP) is 1.57. The number of piperazine rings is 1. The molecule has 1 saturated heterocycles. The van der Waals surface area contributed by atoms with Crippen molar-refractivity contribution >= 4 is 0 Å². The molecule has 1 fully saturated rings. The fraction of sp³-hybridized carbons (Fsp3) is 0.538. The topological polar surface area (TPSA) is 24.1 Å². The van der Waals surface area contributed by atoms with Crippen molar-refractivity contribution in [3.63, 3.8) is 0 Å². The van der Waals surface area contributed by atoms with E-state index in [4.69, 9.17) is 0 Å². The second kappa shape index (κ2) is 4.33. The predicted molar refractivity (Wildman–Crippen MR) is 64.0 cm³/mol. The molecule has 2 rings (SSSR count). The van der Waals surface area contributed by atoms with Crippen molar-refractivity contribution in [2.45, 2.75) is 31.8 Å². The van der Waals surface area contributed by atoms with E-state index in [1.54, 1.807) is 0 Å². The van der Waals surface area contributed by atoms with Crippen LogP contribution in [0.25, 0.3) is 0 Å². The maximum Gasteiger partial charge on any atom is 0.0252 e. The molecule has 0 spiro atoms. The lowest BCUT2D eigenvalue weighted by Crippen LogP contribution is -2.61. The second-order valence-corrected chi connectivity index (χ2v) is 5.05. The van der Waals surface area contributed by atoms with Gasteiger partial charge >= 0.3 is 0 Å². The molecule has 1 aromatic carbocycles. The SMILES string of the molecule is CC1(C)CNC[C@H](Cc2ccccc2)N1. The van der Waals surface area contributed by atoms with Crippen LogP contribution in [-0.2, 0) is 6.42 Å². The Kier molecular flexibility index (Phi) is 3.08. The van der Waals surface area contributed by atoms with E-state index in [0.29, 0.717) is 6.04 Å². The van der Waals surface area contributed by atoms with Gasteiger partial charge in [0.2, 0.25) is 0 Å². The van der Waals surface area contributed by atoms with Crippen molar-refractivity contribution in [3.8, 4) is 0 Å². The standard InChI is InChI=1S/C13H20N2/c1-13(2)10-14-9-12(15-13)8-11-6-4-3-5-7-11/h3-7,12,14-15H,8-10H2,1-2H3/t12-/m0/s1. The smallest absolute Gasteiger partial charge is 0.0252 e. The van der Waals surface area contributed by atoms with Crippen molar-refractivity contribution in [1.29, 1.82) is 0 Å². The molecular weight excluding hydrogens is 184 g/mol. The van der Waals surface area contributed by atoms with E-state index in [1.807, 2.05) is 0 Å². The summed E-state index contributed by atoms with van der Waals surface area (Å²) in [5, 5.41) is 7.16. The highest BCUT2D eigenvalue weighted by Gasteiger charge is 2.26. The van der Waals surface area contributed by atoms with Crippen LogP contribution in [0.3, 0.4) is 0 Å². The van der Waals surface area contributed by atoms with Gasteiger partial charge in [0.15, 0.2) is 0 Å². The van der Waals surface area contributed by atoms with Crippen LogP contribution >= 0.6 is 0 Å². The molecule has 0 aliphatic carbocycles. The van der Waals surface area contributed by atoms with Crippen LogP contribution in [0.1, 0.15) is 19.4 Å². The van der Waals surface area contributed by atoms with Crippen LogP contribution in [0.15, 0.2) is 30.3 Å². The zero-order valence-corrected chi connectivity index (χ0v) is 9.59. The summed E-state index contributed by atoms with van der Waals surface area (Å²) in [6.07, 6.45) is 1.11. The number of nitrogens with one attached hydrogen (secondary N) is 2.